The first-order chi connectivity index (χ1) is 9.92. The summed E-state index contributed by atoms with van der Waals surface area (Å²) in [5, 5.41) is 0. The standard InChI is InChI=1S/C14H14F2N2O2S/c1-2-4-11-5-3-6-14(17-11)18-21(19,20)13-9-10(15)7-8-12(13)16/h3,5-9H,2,4H2,1H3,(H,17,18). The topological polar surface area (TPSA) is 59.1 Å². The Morgan fingerprint density at radius 1 is 1.19 bits per heavy atom. The zero-order valence-corrected chi connectivity index (χ0v) is 12.1. The zero-order valence-electron chi connectivity index (χ0n) is 11.3. The van der Waals surface area contributed by atoms with Gasteiger partial charge in [-0.25, -0.2) is 22.2 Å². The van der Waals surface area contributed by atoms with E-state index in [-0.39, 0.29) is 5.82 Å². The molecule has 0 aliphatic carbocycles. The molecule has 0 fully saturated rings. The van der Waals surface area contributed by atoms with E-state index in [0.29, 0.717) is 12.5 Å². The van der Waals surface area contributed by atoms with E-state index in [0.717, 1.165) is 24.2 Å². The molecule has 2 aromatic rings. The Hall–Kier alpha value is -2.02. The van der Waals surface area contributed by atoms with Crippen LogP contribution in [0.5, 0.6) is 0 Å². The van der Waals surface area contributed by atoms with E-state index < -0.39 is 26.6 Å². The van der Waals surface area contributed by atoms with Crippen LogP contribution in [0, 0.1) is 11.6 Å². The molecule has 0 saturated carbocycles. The number of aryl methyl sites for hydroxylation is 1. The summed E-state index contributed by atoms with van der Waals surface area (Å²) in [7, 11) is -4.23. The number of nitrogens with one attached hydrogen (secondary N) is 1. The number of aromatic nitrogens is 1. The van der Waals surface area contributed by atoms with Gasteiger partial charge in [0, 0.05) is 5.69 Å². The van der Waals surface area contributed by atoms with Gasteiger partial charge in [0.2, 0.25) is 0 Å². The third-order valence-corrected chi connectivity index (χ3v) is 4.10. The Morgan fingerprint density at radius 3 is 2.67 bits per heavy atom. The molecule has 0 saturated heterocycles. The molecule has 112 valence electrons. The van der Waals surface area contributed by atoms with Crippen LogP contribution in [-0.2, 0) is 16.4 Å². The summed E-state index contributed by atoms with van der Waals surface area (Å²) >= 11 is 0. The molecule has 0 atom stereocenters. The molecule has 7 heteroatoms. The van der Waals surface area contributed by atoms with Crippen LogP contribution < -0.4 is 4.72 Å². The smallest absolute Gasteiger partial charge is 0.263 e. The summed E-state index contributed by atoms with van der Waals surface area (Å²) in [6.07, 6.45) is 1.56. The summed E-state index contributed by atoms with van der Waals surface area (Å²) in [5.41, 5.74) is 0.720. The highest BCUT2D eigenvalue weighted by Gasteiger charge is 2.20. The largest absolute Gasteiger partial charge is 0.266 e. The highest BCUT2D eigenvalue weighted by Crippen LogP contribution is 2.19. The first-order valence-electron chi connectivity index (χ1n) is 6.36. The fourth-order valence-electron chi connectivity index (χ4n) is 1.81. The molecule has 0 aliphatic rings. The summed E-state index contributed by atoms with van der Waals surface area (Å²) < 4.78 is 53.0. The number of anilines is 1. The average molecular weight is 312 g/mol. The number of hydrogen-bond donors (Lipinski definition) is 1. The van der Waals surface area contributed by atoms with Crippen LogP contribution in [0.1, 0.15) is 19.0 Å². The normalized spacial score (nSPS) is 11.4. The lowest BCUT2D eigenvalue weighted by molar-refractivity contribution is 0.555. The molecule has 4 nitrogen and oxygen atoms in total. The molecule has 1 N–H and O–H groups in total. The predicted octanol–water partition coefficient (Wildman–Crippen LogP) is 3.11. The van der Waals surface area contributed by atoms with Gasteiger partial charge in [-0.1, -0.05) is 19.4 Å². The number of sulfonamides is 1. The Kier molecular flexibility index (Phi) is 4.52. The molecule has 0 spiro atoms. The van der Waals surface area contributed by atoms with Gasteiger partial charge in [0.25, 0.3) is 10.0 Å². The highest BCUT2D eigenvalue weighted by molar-refractivity contribution is 7.92. The van der Waals surface area contributed by atoms with Crippen molar-refractivity contribution in [2.75, 3.05) is 4.72 Å². The van der Waals surface area contributed by atoms with Crippen molar-refractivity contribution in [1.29, 1.82) is 0 Å². The van der Waals surface area contributed by atoms with Gasteiger partial charge in [-0.05, 0) is 36.8 Å². The first kappa shape index (κ1) is 15.4. The van der Waals surface area contributed by atoms with Gasteiger partial charge in [-0.3, -0.25) is 4.72 Å². The van der Waals surface area contributed by atoms with Crippen LogP contribution in [0.15, 0.2) is 41.3 Å². The van der Waals surface area contributed by atoms with Gasteiger partial charge in [-0.2, -0.15) is 0 Å². The van der Waals surface area contributed by atoms with Crippen LogP contribution in [0.4, 0.5) is 14.6 Å². The molecular weight excluding hydrogens is 298 g/mol. The minimum atomic E-state index is -4.23. The fourth-order valence-corrected chi connectivity index (χ4v) is 2.90. The number of rotatable bonds is 5. The molecule has 0 bridgehead atoms. The van der Waals surface area contributed by atoms with Gasteiger partial charge < -0.3 is 0 Å². The Bertz CT molecular complexity index is 748. The van der Waals surface area contributed by atoms with Gasteiger partial charge in [-0.15, -0.1) is 0 Å². The number of pyridine rings is 1. The number of hydrogen-bond acceptors (Lipinski definition) is 3. The minimum Gasteiger partial charge on any atom is -0.263 e. The predicted molar refractivity (Wildman–Crippen MR) is 75.4 cm³/mol. The fraction of sp³-hybridized carbons (Fsp3) is 0.214. The van der Waals surface area contributed by atoms with Crippen molar-refractivity contribution in [3.05, 3.63) is 53.7 Å². The van der Waals surface area contributed by atoms with E-state index in [4.69, 9.17) is 0 Å². The summed E-state index contributed by atoms with van der Waals surface area (Å²) in [6, 6.07) is 7.13. The van der Waals surface area contributed by atoms with Crippen molar-refractivity contribution < 1.29 is 17.2 Å². The minimum absolute atomic E-state index is 0.0737. The monoisotopic (exact) mass is 312 g/mol. The van der Waals surface area contributed by atoms with Crippen LogP contribution in [0.25, 0.3) is 0 Å². The van der Waals surface area contributed by atoms with Gasteiger partial charge in [0.1, 0.15) is 22.3 Å². The maximum absolute atomic E-state index is 13.6. The molecule has 2 rings (SSSR count). The van der Waals surface area contributed by atoms with E-state index in [1.165, 1.54) is 6.07 Å². The molecule has 1 aromatic heterocycles. The van der Waals surface area contributed by atoms with E-state index in [2.05, 4.69) is 9.71 Å². The van der Waals surface area contributed by atoms with E-state index in [9.17, 15) is 17.2 Å². The quantitative estimate of drug-likeness (QED) is 0.923. The SMILES string of the molecule is CCCc1cccc(NS(=O)(=O)c2cc(F)ccc2F)n1. The lowest BCUT2D eigenvalue weighted by Gasteiger charge is -2.09. The Morgan fingerprint density at radius 2 is 1.95 bits per heavy atom. The highest BCUT2D eigenvalue weighted by atomic mass is 32.2. The average Bonchev–Trinajstić information content (AvgIpc) is 2.42. The second-order valence-corrected chi connectivity index (χ2v) is 6.10. The van der Waals surface area contributed by atoms with E-state index in [1.807, 2.05) is 6.92 Å². The maximum atomic E-state index is 13.6. The summed E-state index contributed by atoms with van der Waals surface area (Å²) in [4.78, 5) is 3.37. The van der Waals surface area contributed by atoms with Crippen LogP contribution in [0.2, 0.25) is 0 Å². The second kappa shape index (κ2) is 6.17. The van der Waals surface area contributed by atoms with E-state index in [1.54, 1.807) is 12.1 Å². The van der Waals surface area contributed by atoms with Gasteiger partial charge in [0.15, 0.2) is 0 Å². The van der Waals surface area contributed by atoms with Crippen molar-refractivity contribution >= 4 is 15.8 Å². The Balaban J connectivity index is 2.33. The van der Waals surface area contributed by atoms with Crippen molar-refractivity contribution in [2.45, 2.75) is 24.7 Å². The molecule has 0 unspecified atom stereocenters. The van der Waals surface area contributed by atoms with Crippen molar-refractivity contribution in [3.8, 4) is 0 Å². The molecule has 0 amide bonds. The zero-order chi connectivity index (χ0) is 15.5. The molecule has 1 heterocycles. The summed E-state index contributed by atoms with van der Waals surface area (Å²) in [6.45, 7) is 1.97. The first-order valence-corrected chi connectivity index (χ1v) is 7.84. The van der Waals surface area contributed by atoms with Gasteiger partial charge >= 0.3 is 0 Å². The van der Waals surface area contributed by atoms with Crippen molar-refractivity contribution in [1.82, 2.24) is 4.98 Å². The molecule has 0 aliphatic heterocycles. The van der Waals surface area contributed by atoms with Crippen LogP contribution in [0.3, 0.4) is 0 Å². The molecule has 0 radical (unpaired) electrons. The molecular formula is C14H14F2N2O2S. The lowest BCUT2D eigenvalue weighted by atomic mass is 10.2. The third kappa shape index (κ3) is 3.75. The second-order valence-electron chi connectivity index (χ2n) is 4.44. The van der Waals surface area contributed by atoms with E-state index >= 15 is 0 Å². The van der Waals surface area contributed by atoms with Gasteiger partial charge in [0.05, 0.1) is 0 Å². The van der Waals surface area contributed by atoms with Crippen molar-refractivity contribution in [3.63, 3.8) is 0 Å². The van der Waals surface area contributed by atoms with Crippen LogP contribution >= 0.6 is 0 Å². The summed E-state index contributed by atoms with van der Waals surface area (Å²) in [5.74, 6) is -1.78. The van der Waals surface area contributed by atoms with Crippen LogP contribution in [-0.4, -0.2) is 13.4 Å². The van der Waals surface area contributed by atoms with Crippen molar-refractivity contribution in [2.24, 2.45) is 0 Å². The molecule has 1 aromatic carbocycles. The number of benzene rings is 1. The lowest BCUT2D eigenvalue weighted by Crippen LogP contribution is -2.16. The molecule has 21 heavy (non-hydrogen) atoms. The third-order valence-electron chi connectivity index (χ3n) is 2.73. The maximum Gasteiger partial charge on any atom is 0.266 e. The number of halogens is 2. The number of nitrogens with zero attached hydrogens (tertiary/aromatic N) is 1. The Labute approximate surface area is 121 Å².